The number of benzene rings is 2. The fourth-order valence-corrected chi connectivity index (χ4v) is 2.51. The van der Waals surface area contributed by atoms with Crippen molar-refractivity contribution in [2.45, 2.75) is 24.0 Å². The molecule has 0 spiro atoms. The molecule has 0 fully saturated rings. The Morgan fingerprint density at radius 2 is 1.05 bits per heavy atom. The van der Waals surface area contributed by atoms with E-state index in [-0.39, 0.29) is 0 Å². The van der Waals surface area contributed by atoms with Crippen LogP contribution in [0.25, 0.3) is 0 Å². The van der Waals surface area contributed by atoms with Gasteiger partial charge in [-0.05, 0) is 11.1 Å². The molecule has 0 bridgehead atoms. The largest absolute Gasteiger partial charge is 0.343 e. The van der Waals surface area contributed by atoms with Crippen molar-refractivity contribution in [3.63, 3.8) is 0 Å². The van der Waals surface area contributed by atoms with Crippen LogP contribution in [-0.2, 0) is 17.6 Å². The normalized spacial score (nSPS) is 14.0. The van der Waals surface area contributed by atoms with E-state index in [9.17, 15) is 0 Å². The van der Waals surface area contributed by atoms with E-state index in [1.807, 2.05) is 60.7 Å². The summed E-state index contributed by atoms with van der Waals surface area (Å²) in [5, 5.41) is 0. The number of rotatable bonds is 6. The zero-order valence-corrected chi connectivity index (χ0v) is 12.0. The van der Waals surface area contributed by atoms with Gasteiger partial charge in [0.25, 0.3) is 0 Å². The van der Waals surface area contributed by atoms with Gasteiger partial charge >= 0.3 is 0 Å². The van der Waals surface area contributed by atoms with Crippen molar-refractivity contribution in [1.29, 1.82) is 0 Å². The predicted octanol–water partition coefficient (Wildman–Crippen LogP) is 4.62. The second kappa shape index (κ2) is 7.54. The van der Waals surface area contributed by atoms with Gasteiger partial charge in [-0.1, -0.05) is 83.9 Å². The molecule has 2 atom stereocenters. The summed E-state index contributed by atoms with van der Waals surface area (Å²) >= 11 is 12.3. The number of hydrogen-bond donors (Lipinski definition) is 0. The van der Waals surface area contributed by atoms with Crippen molar-refractivity contribution in [3.8, 4) is 0 Å². The summed E-state index contributed by atoms with van der Waals surface area (Å²) in [5.74, 6) is 0. The van der Waals surface area contributed by atoms with Crippen LogP contribution in [0.2, 0.25) is 0 Å². The molecular formula is C16H16Cl2O. The fraction of sp³-hybridized carbons (Fsp3) is 0.250. The molecule has 0 aliphatic rings. The van der Waals surface area contributed by atoms with Crippen molar-refractivity contribution in [1.82, 2.24) is 0 Å². The van der Waals surface area contributed by atoms with Crippen LogP contribution >= 0.6 is 23.2 Å². The minimum atomic E-state index is -0.409. The Labute approximate surface area is 124 Å². The summed E-state index contributed by atoms with van der Waals surface area (Å²) in [6, 6.07) is 20.0. The van der Waals surface area contributed by atoms with E-state index in [4.69, 9.17) is 27.9 Å². The molecular weight excluding hydrogens is 279 g/mol. The first kappa shape index (κ1) is 14.4. The third kappa shape index (κ3) is 5.23. The van der Waals surface area contributed by atoms with Gasteiger partial charge in [0.2, 0.25) is 0 Å². The molecule has 0 radical (unpaired) electrons. The van der Waals surface area contributed by atoms with Gasteiger partial charge in [-0.25, -0.2) is 0 Å². The van der Waals surface area contributed by atoms with E-state index in [1.54, 1.807) is 0 Å². The lowest BCUT2D eigenvalue weighted by atomic mass is 10.1. The van der Waals surface area contributed by atoms with Gasteiger partial charge in [0.1, 0.15) is 11.1 Å². The van der Waals surface area contributed by atoms with Crippen LogP contribution in [0.1, 0.15) is 11.1 Å². The number of ether oxygens (including phenoxy) is 1. The SMILES string of the molecule is Cl[C@H](Cc1ccccc1)O[C@H](Cl)Cc1ccccc1. The molecule has 100 valence electrons. The summed E-state index contributed by atoms with van der Waals surface area (Å²) in [6.07, 6.45) is 1.31. The molecule has 2 rings (SSSR count). The first-order valence-electron chi connectivity index (χ1n) is 6.25. The fourth-order valence-electron chi connectivity index (χ4n) is 1.86. The highest BCUT2D eigenvalue weighted by molar-refractivity contribution is 6.21. The highest BCUT2D eigenvalue weighted by atomic mass is 35.5. The lowest BCUT2D eigenvalue weighted by Gasteiger charge is -2.16. The smallest absolute Gasteiger partial charge is 0.137 e. The average molecular weight is 295 g/mol. The standard InChI is InChI=1S/C16H16Cl2O/c17-15(11-13-7-3-1-4-8-13)19-16(18)12-14-9-5-2-6-10-14/h1-10,15-16H,11-12H2/t15-,16-/m0/s1. The molecule has 3 heteroatoms. The van der Waals surface area contributed by atoms with Gasteiger partial charge in [-0.2, -0.15) is 0 Å². The molecule has 0 aliphatic carbocycles. The van der Waals surface area contributed by atoms with E-state index >= 15 is 0 Å². The molecule has 19 heavy (non-hydrogen) atoms. The molecule has 0 aromatic heterocycles. The highest BCUT2D eigenvalue weighted by Gasteiger charge is 2.13. The van der Waals surface area contributed by atoms with Gasteiger partial charge < -0.3 is 4.74 Å². The summed E-state index contributed by atoms with van der Waals surface area (Å²) in [5.41, 5.74) is 1.47. The van der Waals surface area contributed by atoms with Crippen molar-refractivity contribution >= 4 is 23.2 Å². The molecule has 0 heterocycles. The third-order valence-electron chi connectivity index (χ3n) is 2.77. The van der Waals surface area contributed by atoms with Crippen LogP contribution in [0, 0.1) is 0 Å². The number of hydrogen-bond acceptors (Lipinski definition) is 1. The van der Waals surface area contributed by atoms with Crippen LogP contribution in [-0.4, -0.2) is 11.1 Å². The summed E-state index contributed by atoms with van der Waals surface area (Å²) < 4.78 is 5.59. The topological polar surface area (TPSA) is 9.23 Å². The highest BCUT2D eigenvalue weighted by Crippen LogP contribution is 2.16. The van der Waals surface area contributed by atoms with Crippen LogP contribution in [0.5, 0.6) is 0 Å². The minimum Gasteiger partial charge on any atom is -0.343 e. The van der Waals surface area contributed by atoms with Gasteiger partial charge in [0, 0.05) is 12.8 Å². The Hall–Kier alpha value is -1.02. The zero-order chi connectivity index (χ0) is 13.5. The molecule has 0 saturated carbocycles. The Morgan fingerprint density at radius 1 is 0.684 bits per heavy atom. The van der Waals surface area contributed by atoms with Crippen molar-refractivity contribution in [2.75, 3.05) is 0 Å². The van der Waals surface area contributed by atoms with Crippen LogP contribution in [0.4, 0.5) is 0 Å². The Balaban J connectivity index is 1.80. The molecule has 0 amide bonds. The molecule has 1 nitrogen and oxygen atoms in total. The quantitative estimate of drug-likeness (QED) is 0.707. The molecule has 2 aromatic rings. The number of halogens is 2. The molecule has 0 unspecified atom stereocenters. The lowest BCUT2D eigenvalue weighted by Crippen LogP contribution is -2.17. The summed E-state index contributed by atoms with van der Waals surface area (Å²) in [7, 11) is 0. The first-order valence-corrected chi connectivity index (χ1v) is 7.13. The molecule has 0 aliphatic heterocycles. The maximum Gasteiger partial charge on any atom is 0.137 e. The lowest BCUT2D eigenvalue weighted by molar-refractivity contribution is 0.0825. The second-order valence-corrected chi connectivity index (χ2v) is 5.31. The zero-order valence-electron chi connectivity index (χ0n) is 10.5. The van der Waals surface area contributed by atoms with Crippen molar-refractivity contribution < 1.29 is 4.74 Å². The van der Waals surface area contributed by atoms with E-state index < -0.39 is 11.1 Å². The van der Waals surface area contributed by atoms with Crippen LogP contribution in [0.3, 0.4) is 0 Å². The maximum atomic E-state index is 6.17. The van der Waals surface area contributed by atoms with E-state index in [0.29, 0.717) is 12.8 Å². The van der Waals surface area contributed by atoms with E-state index in [2.05, 4.69) is 0 Å². The Bertz CT molecular complexity index is 427. The Morgan fingerprint density at radius 3 is 1.42 bits per heavy atom. The van der Waals surface area contributed by atoms with Gasteiger partial charge in [-0.15, -0.1) is 0 Å². The molecule has 2 aromatic carbocycles. The Kier molecular flexibility index (Phi) is 5.71. The van der Waals surface area contributed by atoms with Crippen LogP contribution < -0.4 is 0 Å². The van der Waals surface area contributed by atoms with E-state index in [1.165, 1.54) is 0 Å². The monoisotopic (exact) mass is 294 g/mol. The van der Waals surface area contributed by atoms with Crippen LogP contribution in [0.15, 0.2) is 60.7 Å². The summed E-state index contributed by atoms with van der Waals surface area (Å²) in [4.78, 5) is 0. The van der Waals surface area contributed by atoms with Crippen molar-refractivity contribution in [2.24, 2.45) is 0 Å². The van der Waals surface area contributed by atoms with Gasteiger partial charge in [-0.3, -0.25) is 0 Å². The van der Waals surface area contributed by atoms with Gasteiger partial charge in [0.05, 0.1) is 0 Å². The van der Waals surface area contributed by atoms with Gasteiger partial charge in [0.15, 0.2) is 0 Å². The molecule has 0 N–H and O–H groups in total. The van der Waals surface area contributed by atoms with E-state index in [0.717, 1.165) is 11.1 Å². The minimum absolute atomic E-state index is 0.409. The summed E-state index contributed by atoms with van der Waals surface area (Å²) in [6.45, 7) is 0. The second-order valence-electron chi connectivity index (χ2n) is 4.34. The van der Waals surface area contributed by atoms with Crippen molar-refractivity contribution in [3.05, 3.63) is 71.8 Å². The number of alkyl halides is 2. The molecule has 0 saturated heterocycles. The third-order valence-corrected chi connectivity index (χ3v) is 3.29. The predicted molar refractivity (Wildman–Crippen MR) is 80.7 cm³/mol. The first-order chi connectivity index (χ1) is 9.24. The maximum absolute atomic E-state index is 6.17. The average Bonchev–Trinajstić information content (AvgIpc) is 2.40.